The van der Waals surface area contributed by atoms with Crippen molar-refractivity contribution in [3.63, 3.8) is 0 Å². The van der Waals surface area contributed by atoms with E-state index in [0.717, 1.165) is 12.1 Å². The Hall–Kier alpha value is -4.00. The van der Waals surface area contributed by atoms with Crippen molar-refractivity contribution in [3.05, 3.63) is 114 Å². The number of benzene rings is 4. The van der Waals surface area contributed by atoms with Crippen LogP contribution in [0, 0.1) is 11.6 Å². The Kier molecular flexibility index (Phi) is 8.95. The summed E-state index contributed by atoms with van der Waals surface area (Å²) >= 11 is 0. The first-order valence-electron chi connectivity index (χ1n) is 12.4. The second-order valence-electron chi connectivity index (χ2n) is 9.37. The maximum atomic E-state index is 13.7. The highest BCUT2D eigenvalue weighted by Gasteiger charge is 2.27. The summed E-state index contributed by atoms with van der Waals surface area (Å²) in [6.07, 6.45) is 0. The summed E-state index contributed by atoms with van der Waals surface area (Å²) in [6, 6.07) is 20.6. The van der Waals surface area contributed by atoms with Gasteiger partial charge in [-0.25, -0.2) is 25.6 Å². The molecule has 0 heterocycles. The standard InChI is InChI=1S/C29H29F2N3O5S2/c1-33(2)29-17-10-25(32-40(35,36)27-15-11-26(39-3)12-16-27)18-22(29)20-34(19-21-4-6-23(30)7-5-21)41(37,38)28-13-8-24(31)9-14-28/h4-18,32H,19-20H2,1-3H3. The predicted molar refractivity (Wildman–Crippen MR) is 154 cm³/mol. The minimum absolute atomic E-state index is 0.0216. The van der Waals surface area contributed by atoms with Gasteiger partial charge < -0.3 is 9.64 Å². The van der Waals surface area contributed by atoms with Crippen LogP contribution >= 0.6 is 0 Å². The fourth-order valence-electron chi connectivity index (χ4n) is 4.15. The molecule has 41 heavy (non-hydrogen) atoms. The number of methoxy groups -OCH3 is 1. The topological polar surface area (TPSA) is 96.0 Å². The molecule has 0 atom stereocenters. The summed E-state index contributed by atoms with van der Waals surface area (Å²) in [5.74, 6) is -0.542. The van der Waals surface area contributed by atoms with Gasteiger partial charge in [-0.1, -0.05) is 12.1 Å². The second kappa shape index (κ2) is 12.2. The van der Waals surface area contributed by atoms with Crippen molar-refractivity contribution in [2.24, 2.45) is 0 Å². The van der Waals surface area contributed by atoms with Crippen LogP contribution in [0.4, 0.5) is 20.2 Å². The van der Waals surface area contributed by atoms with E-state index in [-0.39, 0.29) is 28.6 Å². The third-order valence-electron chi connectivity index (χ3n) is 6.25. The maximum absolute atomic E-state index is 13.7. The van der Waals surface area contributed by atoms with Gasteiger partial charge in [-0.3, -0.25) is 4.72 Å². The van der Waals surface area contributed by atoms with Crippen LogP contribution in [-0.2, 0) is 33.1 Å². The van der Waals surface area contributed by atoms with E-state index in [2.05, 4.69) is 4.72 Å². The monoisotopic (exact) mass is 601 g/mol. The van der Waals surface area contributed by atoms with Crippen LogP contribution in [0.2, 0.25) is 0 Å². The third-order valence-corrected chi connectivity index (χ3v) is 9.46. The molecule has 0 bridgehead atoms. The first-order valence-corrected chi connectivity index (χ1v) is 15.3. The van der Waals surface area contributed by atoms with Crippen molar-refractivity contribution in [2.45, 2.75) is 22.9 Å². The highest BCUT2D eigenvalue weighted by Crippen LogP contribution is 2.29. The van der Waals surface area contributed by atoms with Crippen molar-refractivity contribution in [1.82, 2.24) is 4.31 Å². The van der Waals surface area contributed by atoms with Crippen molar-refractivity contribution in [2.75, 3.05) is 30.8 Å². The molecule has 0 fully saturated rings. The van der Waals surface area contributed by atoms with Gasteiger partial charge >= 0.3 is 0 Å². The fraction of sp³-hybridized carbons (Fsp3) is 0.172. The maximum Gasteiger partial charge on any atom is 0.261 e. The van der Waals surface area contributed by atoms with E-state index in [9.17, 15) is 25.6 Å². The summed E-state index contributed by atoms with van der Waals surface area (Å²) in [7, 11) is -3.10. The van der Waals surface area contributed by atoms with E-state index in [4.69, 9.17) is 4.74 Å². The van der Waals surface area contributed by atoms with Gasteiger partial charge in [0, 0.05) is 38.6 Å². The molecule has 0 radical (unpaired) electrons. The first kappa shape index (κ1) is 30.0. The van der Waals surface area contributed by atoms with Gasteiger partial charge in [0.15, 0.2) is 0 Å². The van der Waals surface area contributed by atoms with Crippen LogP contribution in [0.3, 0.4) is 0 Å². The normalized spacial score (nSPS) is 11.9. The average Bonchev–Trinajstić information content (AvgIpc) is 2.94. The lowest BCUT2D eigenvalue weighted by atomic mass is 10.1. The van der Waals surface area contributed by atoms with Gasteiger partial charge in [0.25, 0.3) is 10.0 Å². The number of nitrogens with zero attached hydrogens (tertiary/aromatic N) is 2. The minimum Gasteiger partial charge on any atom is -0.497 e. The van der Waals surface area contributed by atoms with Crippen LogP contribution in [0.5, 0.6) is 5.75 Å². The van der Waals surface area contributed by atoms with Crippen molar-refractivity contribution < 1.29 is 30.4 Å². The van der Waals surface area contributed by atoms with Crippen LogP contribution in [0.1, 0.15) is 11.1 Å². The zero-order valence-corrected chi connectivity index (χ0v) is 24.2. The molecule has 0 spiro atoms. The zero-order valence-electron chi connectivity index (χ0n) is 22.6. The van der Waals surface area contributed by atoms with E-state index in [0.29, 0.717) is 22.6 Å². The van der Waals surface area contributed by atoms with E-state index >= 15 is 0 Å². The number of ether oxygens (including phenoxy) is 1. The summed E-state index contributed by atoms with van der Waals surface area (Å²) in [4.78, 5) is 1.68. The van der Waals surface area contributed by atoms with E-state index < -0.39 is 31.7 Å². The van der Waals surface area contributed by atoms with Crippen molar-refractivity contribution in [1.29, 1.82) is 0 Å². The van der Waals surface area contributed by atoms with Gasteiger partial charge in [-0.15, -0.1) is 0 Å². The number of anilines is 2. The Bertz CT molecular complexity index is 1710. The lowest BCUT2D eigenvalue weighted by molar-refractivity contribution is 0.401. The molecule has 12 heteroatoms. The molecule has 0 aromatic heterocycles. The molecule has 8 nitrogen and oxygen atoms in total. The molecule has 4 rings (SSSR count). The Morgan fingerprint density at radius 2 is 1.29 bits per heavy atom. The molecule has 0 aliphatic rings. The number of halogens is 2. The quantitative estimate of drug-likeness (QED) is 0.253. The number of hydrogen-bond acceptors (Lipinski definition) is 6. The molecule has 0 saturated heterocycles. The number of sulfonamides is 2. The van der Waals surface area contributed by atoms with Crippen molar-refractivity contribution >= 4 is 31.4 Å². The van der Waals surface area contributed by atoms with Gasteiger partial charge in [-0.05, 0) is 90.0 Å². The fourth-order valence-corrected chi connectivity index (χ4v) is 6.60. The molecule has 0 aliphatic carbocycles. The molecule has 216 valence electrons. The predicted octanol–water partition coefficient (Wildman–Crippen LogP) is 5.23. The summed E-state index contributed by atoms with van der Waals surface area (Å²) in [5.41, 5.74) is 1.90. The molecule has 0 unspecified atom stereocenters. The lowest BCUT2D eigenvalue weighted by Crippen LogP contribution is -2.31. The Morgan fingerprint density at radius 1 is 0.732 bits per heavy atom. The highest BCUT2D eigenvalue weighted by molar-refractivity contribution is 7.92. The molecule has 1 N–H and O–H groups in total. The van der Waals surface area contributed by atoms with Crippen LogP contribution in [0.15, 0.2) is 101 Å². The van der Waals surface area contributed by atoms with E-state index in [1.54, 1.807) is 37.2 Å². The largest absolute Gasteiger partial charge is 0.497 e. The molecule has 0 amide bonds. The average molecular weight is 602 g/mol. The summed E-state index contributed by atoms with van der Waals surface area (Å²) in [6.45, 7) is -0.280. The molecule has 0 saturated carbocycles. The molecule has 0 aliphatic heterocycles. The number of hydrogen-bond donors (Lipinski definition) is 1. The van der Waals surface area contributed by atoms with E-state index in [1.165, 1.54) is 72.1 Å². The molecule has 4 aromatic carbocycles. The number of rotatable bonds is 11. The van der Waals surface area contributed by atoms with E-state index in [1.807, 2.05) is 0 Å². The zero-order chi connectivity index (χ0) is 29.8. The minimum atomic E-state index is -4.16. The molecular formula is C29H29F2N3O5S2. The van der Waals surface area contributed by atoms with Gasteiger partial charge in [0.05, 0.1) is 16.9 Å². The summed E-state index contributed by atoms with van der Waals surface area (Å²) in [5, 5.41) is 0. The van der Waals surface area contributed by atoms with Gasteiger partial charge in [0.1, 0.15) is 17.4 Å². The van der Waals surface area contributed by atoms with Crippen LogP contribution in [0.25, 0.3) is 0 Å². The number of nitrogens with one attached hydrogen (secondary N) is 1. The molecule has 4 aromatic rings. The Morgan fingerprint density at radius 3 is 1.85 bits per heavy atom. The smallest absolute Gasteiger partial charge is 0.261 e. The summed E-state index contributed by atoms with van der Waals surface area (Å²) < 4.78 is 89.6. The first-order chi connectivity index (χ1) is 19.4. The Labute approximate surface area is 238 Å². The Balaban J connectivity index is 1.73. The highest BCUT2D eigenvalue weighted by atomic mass is 32.2. The lowest BCUT2D eigenvalue weighted by Gasteiger charge is -2.26. The molecular weight excluding hydrogens is 572 g/mol. The van der Waals surface area contributed by atoms with Crippen LogP contribution < -0.4 is 14.4 Å². The SMILES string of the molecule is COc1ccc(S(=O)(=O)Nc2ccc(N(C)C)c(CN(Cc3ccc(F)cc3)S(=O)(=O)c3ccc(F)cc3)c2)cc1. The van der Waals surface area contributed by atoms with Crippen molar-refractivity contribution in [3.8, 4) is 5.75 Å². The second-order valence-corrected chi connectivity index (χ2v) is 13.0. The third kappa shape index (κ3) is 7.20. The van der Waals surface area contributed by atoms with Gasteiger partial charge in [0.2, 0.25) is 10.0 Å². The van der Waals surface area contributed by atoms with Crippen LogP contribution in [-0.4, -0.2) is 42.3 Å². The van der Waals surface area contributed by atoms with Gasteiger partial charge in [-0.2, -0.15) is 4.31 Å².